The average Bonchev–Trinajstić information content (AvgIpc) is 2.60. The van der Waals surface area contributed by atoms with E-state index in [2.05, 4.69) is 15.2 Å². The predicted molar refractivity (Wildman–Crippen MR) is 65.8 cm³/mol. The van der Waals surface area contributed by atoms with Gasteiger partial charge in [0.2, 0.25) is 0 Å². The van der Waals surface area contributed by atoms with Crippen molar-refractivity contribution >= 4 is 29.1 Å². The maximum Gasteiger partial charge on any atom is 0.275 e. The van der Waals surface area contributed by atoms with E-state index in [1.165, 1.54) is 23.9 Å². The van der Waals surface area contributed by atoms with Gasteiger partial charge in [0.25, 0.3) is 5.69 Å². The molecule has 0 amide bonds. The number of halogens is 1. The summed E-state index contributed by atoms with van der Waals surface area (Å²) in [4.78, 5) is 14.2. The van der Waals surface area contributed by atoms with Gasteiger partial charge in [-0.25, -0.2) is 4.98 Å². The summed E-state index contributed by atoms with van der Waals surface area (Å²) in [5.41, 5.74) is -0.101. The van der Waals surface area contributed by atoms with Crippen molar-refractivity contribution in [3.8, 4) is 0 Å². The molecule has 0 aromatic carbocycles. The molecule has 0 saturated heterocycles. The van der Waals surface area contributed by atoms with Crippen LogP contribution in [0.25, 0.3) is 0 Å². The zero-order valence-corrected chi connectivity index (χ0v) is 11.1. The Balaban J connectivity index is 2.34. The van der Waals surface area contributed by atoms with Gasteiger partial charge >= 0.3 is 0 Å². The maximum absolute atomic E-state index is 10.7. The first-order chi connectivity index (χ1) is 8.47. The van der Waals surface area contributed by atoms with Crippen LogP contribution in [0.4, 0.5) is 5.69 Å². The van der Waals surface area contributed by atoms with Crippen molar-refractivity contribution in [2.45, 2.75) is 17.1 Å². The lowest BCUT2D eigenvalue weighted by atomic mass is 10.4. The number of pyridine rings is 1. The van der Waals surface area contributed by atoms with Crippen LogP contribution in [0.1, 0.15) is 5.82 Å². The molecular weight excluding hydrogens is 278 g/mol. The molecule has 2 heterocycles. The lowest BCUT2D eigenvalue weighted by Crippen LogP contribution is -1.95. The largest absolute Gasteiger partial charge is 0.309 e. The summed E-state index contributed by atoms with van der Waals surface area (Å²) in [5.74, 6) is 0.744. The molecule has 2 aromatic heterocycles. The Bertz CT molecular complexity index is 615. The van der Waals surface area contributed by atoms with E-state index in [0.717, 1.165) is 5.82 Å². The van der Waals surface area contributed by atoms with Crippen LogP contribution < -0.4 is 0 Å². The average molecular weight is 286 g/mol. The highest BCUT2D eigenvalue weighted by molar-refractivity contribution is 7.99. The van der Waals surface area contributed by atoms with E-state index in [1.54, 1.807) is 11.6 Å². The number of hydrogen-bond donors (Lipinski definition) is 0. The summed E-state index contributed by atoms with van der Waals surface area (Å²) in [7, 11) is 1.80. The Morgan fingerprint density at radius 2 is 2.17 bits per heavy atom. The number of aromatic nitrogens is 4. The van der Waals surface area contributed by atoms with Crippen LogP contribution >= 0.6 is 23.4 Å². The van der Waals surface area contributed by atoms with Gasteiger partial charge in [0, 0.05) is 13.1 Å². The van der Waals surface area contributed by atoms with E-state index in [0.29, 0.717) is 10.2 Å². The highest BCUT2D eigenvalue weighted by Crippen LogP contribution is 2.29. The molecule has 0 fully saturated rings. The van der Waals surface area contributed by atoms with Crippen molar-refractivity contribution in [3.05, 3.63) is 33.2 Å². The Morgan fingerprint density at radius 1 is 1.44 bits per heavy atom. The van der Waals surface area contributed by atoms with Crippen LogP contribution in [0.15, 0.2) is 22.3 Å². The first-order valence-electron chi connectivity index (χ1n) is 4.83. The monoisotopic (exact) mass is 285 g/mol. The fourth-order valence-corrected chi connectivity index (χ4v) is 2.30. The van der Waals surface area contributed by atoms with E-state index in [-0.39, 0.29) is 10.8 Å². The zero-order valence-electron chi connectivity index (χ0n) is 9.49. The zero-order chi connectivity index (χ0) is 13.3. The second-order valence-corrected chi connectivity index (χ2v) is 4.81. The lowest BCUT2D eigenvalue weighted by molar-refractivity contribution is -0.385. The molecule has 2 rings (SSSR count). The third-order valence-electron chi connectivity index (χ3n) is 2.21. The fourth-order valence-electron chi connectivity index (χ4n) is 1.19. The van der Waals surface area contributed by atoms with E-state index in [1.807, 2.05) is 6.92 Å². The quantitative estimate of drug-likeness (QED) is 0.488. The van der Waals surface area contributed by atoms with E-state index >= 15 is 0 Å². The fraction of sp³-hybridized carbons (Fsp3) is 0.222. The molecule has 0 spiro atoms. The highest BCUT2D eigenvalue weighted by atomic mass is 35.5. The molecule has 0 radical (unpaired) electrons. The molecule has 18 heavy (non-hydrogen) atoms. The Hall–Kier alpha value is -1.67. The standard InChI is InChI=1S/C9H8ClN5O2S/c1-5-12-13-9(14(5)2)18-8-4-6(15(16)17)3-7(10)11-8/h3-4H,1-2H3. The Morgan fingerprint density at radius 3 is 2.72 bits per heavy atom. The molecule has 0 unspecified atom stereocenters. The number of hydrogen-bond acceptors (Lipinski definition) is 6. The normalized spacial score (nSPS) is 10.6. The predicted octanol–water partition coefficient (Wildman–Crippen LogP) is 2.23. The molecule has 7 nitrogen and oxygen atoms in total. The van der Waals surface area contributed by atoms with Gasteiger partial charge < -0.3 is 4.57 Å². The molecule has 0 saturated carbocycles. The van der Waals surface area contributed by atoms with E-state index in [9.17, 15) is 10.1 Å². The van der Waals surface area contributed by atoms with Crippen LogP contribution in [-0.4, -0.2) is 24.7 Å². The minimum absolute atomic E-state index is 0.0746. The number of nitro groups is 1. The SMILES string of the molecule is Cc1nnc(Sc2cc([N+](=O)[O-])cc(Cl)n2)n1C. The second kappa shape index (κ2) is 4.91. The molecular formula is C9H8ClN5O2S. The molecule has 9 heteroatoms. The summed E-state index contributed by atoms with van der Waals surface area (Å²) < 4.78 is 1.76. The molecule has 0 bridgehead atoms. The maximum atomic E-state index is 10.7. The van der Waals surface area contributed by atoms with Gasteiger partial charge in [0.1, 0.15) is 16.0 Å². The minimum atomic E-state index is -0.514. The molecule has 0 aliphatic carbocycles. The van der Waals surface area contributed by atoms with Crippen molar-refractivity contribution in [3.63, 3.8) is 0 Å². The van der Waals surface area contributed by atoms with Gasteiger partial charge in [-0.1, -0.05) is 11.6 Å². The highest BCUT2D eigenvalue weighted by Gasteiger charge is 2.14. The van der Waals surface area contributed by atoms with Crippen LogP contribution in [0.3, 0.4) is 0 Å². The summed E-state index contributed by atoms with van der Waals surface area (Å²) in [6.45, 7) is 1.81. The van der Waals surface area contributed by atoms with E-state index < -0.39 is 4.92 Å². The van der Waals surface area contributed by atoms with Crippen molar-refractivity contribution in [2.24, 2.45) is 7.05 Å². The summed E-state index contributed by atoms with van der Waals surface area (Å²) in [6.07, 6.45) is 0. The number of aryl methyl sites for hydroxylation is 1. The molecule has 0 N–H and O–H groups in total. The van der Waals surface area contributed by atoms with Crippen LogP contribution in [0, 0.1) is 17.0 Å². The molecule has 0 aliphatic rings. The smallest absolute Gasteiger partial charge is 0.275 e. The van der Waals surface area contributed by atoms with Crippen LogP contribution in [0.2, 0.25) is 5.15 Å². The summed E-state index contributed by atoms with van der Waals surface area (Å²) in [6, 6.07) is 2.55. The number of rotatable bonds is 3. The van der Waals surface area contributed by atoms with Gasteiger partial charge in [-0.15, -0.1) is 10.2 Å². The third kappa shape index (κ3) is 2.59. The topological polar surface area (TPSA) is 86.7 Å². The van der Waals surface area contributed by atoms with E-state index in [4.69, 9.17) is 11.6 Å². The van der Waals surface area contributed by atoms with Crippen molar-refractivity contribution in [2.75, 3.05) is 0 Å². The lowest BCUT2D eigenvalue weighted by Gasteiger charge is -2.01. The summed E-state index contributed by atoms with van der Waals surface area (Å²) >= 11 is 6.90. The molecule has 0 atom stereocenters. The first kappa shape index (κ1) is 12.8. The van der Waals surface area contributed by atoms with Gasteiger partial charge in [-0.3, -0.25) is 10.1 Å². The minimum Gasteiger partial charge on any atom is -0.309 e. The Kier molecular flexibility index (Phi) is 3.48. The molecule has 94 valence electrons. The van der Waals surface area contributed by atoms with Crippen molar-refractivity contribution in [1.29, 1.82) is 0 Å². The van der Waals surface area contributed by atoms with Gasteiger partial charge in [0.15, 0.2) is 5.16 Å². The van der Waals surface area contributed by atoms with Gasteiger partial charge in [-0.05, 0) is 18.7 Å². The second-order valence-electron chi connectivity index (χ2n) is 3.43. The Labute approximate surface area is 111 Å². The van der Waals surface area contributed by atoms with Crippen LogP contribution in [-0.2, 0) is 7.05 Å². The van der Waals surface area contributed by atoms with Crippen LogP contribution in [0.5, 0.6) is 0 Å². The molecule has 0 aliphatic heterocycles. The van der Waals surface area contributed by atoms with Crippen molar-refractivity contribution < 1.29 is 4.92 Å². The summed E-state index contributed by atoms with van der Waals surface area (Å²) in [5, 5.41) is 19.6. The van der Waals surface area contributed by atoms with Gasteiger partial charge in [0.05, 0.1) is 11.0 Å². The van der Waals surface area contributed by atoms with Gasteiger partial charge in [-0.2, -0.15) is 0 Å². The third-order valence-corrected chi connectivity index (χ3v) is 3.36. The number of nitrogens with zero attached hydrogens (tertiary/aromatic N) is 5. The first-order valence-corrected chi connectivity index (χ1v) is 6.02. The van der Waals surface area contributed by atoms with Crippen molar-refractivity contribution in [1.82, 2.24) is 19.7 Å². The molecule has 2 aromatic rings.